The monoisotopic (exact) mass is 388 g/mol. The molecular weight excluding hydrogens is 360 g/mol. The first-order chi connectivity index (χ1) is 13.1. The molecule has 5 nitrogen and oxygen atoms in total. The molecule has 1 aliphatic carbocycles. The van der Waals surface area contributed by atoms with Gasteiger partial charge < -0.3 is 14.4 Å². The second-order valence-electron chi connectivity index (χ2n) is 7.15. The van der Waals surface area contributed by atoms with E-state index in [9.17, 15) is 4.79 Å². The van der Waals surface area contributed by atoms with Crippen LogP contribution in [0.25, 0.3) is 0 Å². The van der Waals surface area contributed by atoms with Gasteiger partial charge in [0, 0.05) is 31.6 Å². The predicted octanol–water partition coefficient (Wildman–Crippen LogP) is 4.11. The Morgan fingerprint density at radius 3 is 2.81 bits per heavy atom. The molecule has 2 aromatic rings. The molecule has 1 saturated carbocycles. The summed E-state index contributed by atoms with van der Waals surface area (Å²) in [5, 5.41) is 2.96. The zero-order valence-electron chi connectivity index (χ0n) is 16.4. The summed E-state index contributed by atoms with van der Waals surface area (Å²) in [6.45, 7) is 6.58. The van der Waals surface area contributed by atoms with Gasteiger partial charge in [-0.1, -0.05) is 6.07 Å². The van der Waals surface area contributed by atoms with Gasteiger partial charge >= 0.3 is 0 Å². The first-order valence-electron chi connectivity index (χ1n) is 9.48. The Morgan fingerprint density at radius 2 is 2.11 bits per heavy atom. The number of aromatic nitrogens is 1. The molecule has 6 heteroatoms. The van der Waals surface area contributed by atoms with Crippen LogP contribution in [0.2, 0.25) is 0 Å². The Bertz CT molecular complexity index is 771. The molecule has 0 radical (unpaired) electrons. The lowest BCUT2D eigenvalue weighted by Crippen LogP contribution is -2.33. The minimum atomic E-state index is 0.221. The number of rotatable bonds is 10. The number of hydrogen-bond donors (Lipinski definition) is 0. The molecule has 27 heavy (non-hydrogen) atoms. The smallest absolute Gasteiger partial charge is 0.226 e. The van der Waals surface area contributed by atoms with Crippen LogP contribution >= 0.6 is 11.3 Å². The van der Waals surface area contributed by atoms with Gasteiger partial charge in [-0.2, -0.15) is 0 Å². The van der Waals surface area contributed by atoms with Crippen molar-refractivity contribution >= 4 is 17.2 Å². The van der Waals surface area contributed by atoms with Crippen LogP contribution in [0.1, 0.15) is 41.1 Å². The summed E-state index contributed by atoms with van der Waals surface area (Å²) >= 11 is 1.58. The van der Waals surface area contributed by atoms with Gasteiger partial charge in [0.1, 0.15) is 17.4 Å². The standard InChI is InChI=1S/C21H28N2O3S/c1-15-5-8-19(11-16(15)2)26-13-20-22-18(14-27-20)12-23(9-4-10-25-3)21(24)17-6-7-17/h5,8,11,14,17H,4,6-7,9-10,12-13H2,1-3H3. The number of hydrogen-bond acceptors (Lipinski definition) is 5. The van der Waals surface area contributed by atoms with Gasteiger partial charge in [-0.15, -0.1) is 11.3 Å². The Hall–Kier alpha value is -1.92. The highest BCUT2D eigenvalue weighted by atomic mass is 32.1. The Labute approximate surface area is 165 Å². The van der Waals surface area contributed by atoms with E-state index in [0.29, 0.717) is 19.8 Å². The van der Waals surface area contributed by atoms with Gasteiger partial charge in [0.2, 0.25) is 5.91 Å². The minimum absolute atomic E-state index is 0.221. The normalized spacial score (nSPS) is 13.6. The van der Waals surface area contributed by atoms with Crippen LogP contribution < -0.4 is 4.74 Å². The number of thiazole rings is 1. The maximum absolute atomic E-state index is 12.5. The summed E-state index contributed by atoms with van der Waals surface area (Å²) in [6.07, 6.45) is 2.89. The average molecular weight is 389 g/mol. The zero-order chi connectivity index (χ0) is 19.2. The maximum atomic E-state index is 12.5. The Morgan fingerprint density at radius 1 is 1.30 bits per heavy atom. The van der Waals surface area contributed by atoms with Crippen molar-refractivity contribution < 1.29 is 14.3 Å². The van der Waals surface area contributed by atoms with Crippen molar-refractivity contribution in [3.05, 3.63) is 45.4 Å². The number of nitrogens with zero attached hydrogens (tertiary/aromatic N) is 2. The van der Waals surface area contributed by atoms with Gasteiger partial charge in [-0.25, -0.2) is 4.98 Å². The van der Waals surface area contributed by atoms with E-state index in [2.05, 4.69) is 31.0 Å². The van der Waals surface area contributed by atoms with Gasteiger partial charge in [-0.05, 0) is 56.4 Å². The molecule has 1 aliphatic rings. The van der Waals surface area contributed by atoms with E-state index in [-0.39, 0.29) is 11.8 Å². The fourth-order valence-electron chi connectivity index (χ4n) is 2.89. The summed E-state index contributed by atoms with van der Waals surface area (Å²) in [5.41, 5.74) is 3.41. The maximum Gasteiger partial charge on any atom is 0.226 e. The molecule has 1 aromatic heterocycles. The van der Waals surface area contributed by atoms with E-state index in [0.717, 1.165) is 42.3 Å². The third kappa shape index (κ3) is 5.78. The molecule has 0 unspecified atom stereocenters. The molecule has 1 amide bonds. The van der Waals surface area contributed by atoms with E-state index in [1.165, 1.54) is 11.1 Å². The molecule has 1 heterocycles. The predicted molar refractivity (Wildman–Crippen MR) is 107 cm³/mol. The Kier molecular flexibility index (Phi) is 6.85. The van der Waals surface area contributed by atoms with Crippen molar-refractivity contribution in [2.75, 3.05) is 20.3 Å². The SMILES string of the molecule is COCCCN(Cc1csc(COc2ccc(C)c(C)c2)n1)C(=O)C1CC1. The minimum Gasteiger partial charge on any atom is -0.486 e. The van der Waals surface area contributed by atoms with Crippen LogP contribution in [-0.4, -0.2) is 36.1 Å². The van der Waals surface area contributed by atoms with Crippen molar-refractivity contribution in [3.63, 3.8) is 0 Å². The van der Waals surface area contributed by atoms with Crippen LogP contribution in [0.4, 0.5) is 0 Å². The molecule has 1 aromatic carbocycles. The third-order valence-electron chi connectivity index (χ3n) is 4.81. The molecule has 146 valence electrons. The van der Waals surface area contributed by atoms with Gasteiger partial charge in [0.05, 0.1) is 12.2 Å². The molecule has 0 N–H and O–H groups in total. The molecule has 0 spiro atoms. The highest BCUT2D eigenvalue weighted by Crippen LogP contribution is 2.31. The van der Waals surface area contributed by atoms with Gasteiger partial charge in [-0.3, -0.25) is 4.79 Å². The van der Waals surface area contributed by atoms with Crippen LogP contribution in [0.15, 0.2) is 23.6 Å². The number of benzene rings is 1. The molecular formula is C21H28N2O3S. The fraction of sp³-hybridized carbons (Fsp3) is 0.524. The summed E-state index contributed by atoms with van der Waals surface area (Å²) in [4.78, 5) is 19.1. The molecule has 3 rings (SSSR count). The highest BCUT2D eigenvalue weighted by molar-refractivity contribution is 7.09. The second-order valence-corrected chi connectivity index (χ2v) is 8.09. The van der Waals surface area contributed by atoms with Crippen molar-refractivity contribution in [2.45, 2.75) is 46.3 Å². The molecule has 0 saturated heterocycles. The first kappa shape index (κ1) is 19.8. The Balaban J connectivity index is 1.56. The fourth-order valence-corrected chi connectivity index (χ4v) is 3.58. The van der Waals surface area contributed by atoms with Crippen LogP contribution in [-0.2, 0) is 22.7 Å². The molecule has 1 fully saturated rings. The quantitative estimate of drug-likeness (QED) is 0.575. The van der Waals surface area contributed by atoms with E-state index >= 15 is 0 Å². The van der Waals surface area contributed by atoms with Crippen molar-refractivity contribution in [1.82, 2.24) is 9.88 Å². The summed E-state index contributed by atoms with van der Waals surface area (Å²) in [6, 6.07) is 6.11. The molecule has 0 aliphatic heterocycles. The van der Waals surface area contributed by atoms with Crippen molar-refractivity contribution in [2.24, 2.45) is 5.92 Å². The summed E-state index contributed by atoms with van der Waals surface area (Å²) in [5.74, 6) is 1.34. The summed E-state index contributed by atoms with van der Waals surface area (Å²) in [7, 11) is 1.69. The third-order valence-corrected chi connectivity index (χ3v) is 5.68. The van der Waals surface area contributed by atoms with E-state index < -0.39 is 0 Å². The topological polar surface area (TPSA) is 51.7 Å². The van der Waals surface area contributed by atoms with Crippen molar-refractivity contribution in [3.8, 4) is 5.75 Å². The highest BCUT2D eigenvalue weighted by Gasteiger charge is 2.33. The summed E-state index contributed by atoms with van der Waals surface area (Å²) < 4.78 is 11.0. The number of amides is 1. The second kappa shape index (κ2) is 9.33. The molecule has 0 bridgehead atoms. The zero-order valence-corrected chi connectivity index (χ0v) is 17.2. The lowest BCUT2D eigenvalue weighted by atomic mass is 10.1. The number of aryl methyl sites for hydroxylation is 2. The largest absolute Gasteiger partial charge is 0.486 e. The number of carbonyl (C=O) groups excluding carboxylic acids is 1. The van der Waals surface area contributed by atoms with E-state index in [1.807, 2.05) is 16.3 Å². The van der Waals surface area contributed by atoms with E-state index in [1.54, 1.807) is 18.4 Å². The van der Waals surface area contributed by atoms with Crippen LogP contribution in [0.5, 0.6) is 5.75 Å². The van der Waals surface area contributed by atoms with Crippen LogP contribution in [0.3, 0.4) is 0 Å². The van der Waals surface area contributed by atoms with Gasteiger partial charge in [0.15, 0.2) is 0 Å². The first-order valence-corrected chi connectivity index (χ1v) is 10.4. The average Bonchev–Trinajstić information content (AvgIpc) is 3.41. The number of methoxy groups -OCH3 is 1. The number of carbonyl (C=O) groups is 1. The lowest BCUT2D eigenvalue weighted by Gasteiger charge is -2.21. The molecule has 0 atom stereocenters. The lowest BCUT2D eigenvalue weighted by molar-refractivity contribution is -0.133. The van der Waals surface area contributed by atoms with Crippen LogP contribution in [0, 0.1) is 19.8 Å². The number of ether oxygens (including phenoxy) is 2. The van der Waals surface area contributed by atoms with Gasteiger partial charge in [0.25, 0.3) is 0 Å². The van der Waals surface area contributed by atoms with E-state index in [4.69, 9.17) is 9.47 Å². The van der Waals surface area contributed by atoms with Crippen molar-refractivity contribution in [1.29, 1.82) is 0 Å².